The molecule has 2 nitrogen and oxygen atoms in total. The quantitative estimate of drug-likeness (QED) is 0.448. The number of hydrogen-bond donors (Lipinski definition) is 0. The van der Waals surface area contributed by atoms with Gasteiger partial charge in [0.15, 0.2) is 11.6 Å². The number of para-hydroxylation sites is 1. The van der Waals surface area contributed by atoms with Gasteiger partial charge in [-0.3, -0.25) is 0 Å². The number of halogens is 2. The standard InChI is InChI=1S/C10H13FO.C10H11FO.2C2H6/c1-7-4-5-12-10-3-2-8(11)6-9(7)10;1-7-5-6-12-10-8(7)3-2-4-9(10)11;2*1-2/h6-7H,2-5H2,1H3;2-4,7H,5-6H2,1H3;2*1-2H3. The van der Waals surface area contributed by atoms with E-state index < -0.39 is 0 Å². The summed E-state index contributed by atoms with van der Waals surface area (Å²) in [6, 6.07) is 5.11. The molecule has 4 heteroatoms. The molecule has 0 saturated heterocycles. The number of hydrogen-bond acceptors (Lipinski definition) is 2. The highest BCUT2D eigenvalue weighted by Gasteiger charge is 2.23. The van der Waals surface area contributed by atoms with Crippen LogP contribution >= 0.6 is 0 Å². The molecule has 1 aliphatic carbocycles. The maximum absolute atomic E-state index is 13.1. The summed E-state index contributed by atoms with van der Waals surface area (Å²) in [5.41, 5.74) is 2.09. The van der Waals surface area contributed by atoms with Gasteiger partial charge in [0.2, 0.25) is 0 Å². The Hall–Kier alpha value is -1.84. The fourth-order valence-electron chi connectivity index (χ4n) is 3.34. The molecular formula is C24H36F2O2. The summed E-state index contributed by atoms with van der Waals surface area (Å²) in [5.74, 6) is 2.14. The van der Waals surface area contributed by atoms with Gasteiger partial charge in [-0.2, -0.15) is 0 Å². The highest BCUT2D eigenvalue weighted by Crippen LogP contribution is 2.35. The average molecular weight is 395 g/mol. The third-order valence-electron chi connectivity index (χ3n) is 4.91. The van der Waals surface area contributed by atoms with Gasteiger partial charge in [-0.1, -0.05) is 53.7 Å². The number of benzene rings is 1. The Morgan fingerprint density at radius 1 is 0.857 bits per heavy atom. The van der Waals surface area contributed by atoms with E-state index in [-0.39, 0.29) is 11.6 Å². The minimum absolute atomic E-state index is 0.00565. The molecule has 0 saturated carbocycles. The summed E-state index contributed by atoms with van der Waals surface area (Å²) in [6.07, 6.45) is 4.93. The van der Waals surface area contributed by atoms with Crippen molar-refractivity contribution in [1.82, 2.24) is 0 Å². The lowest BCUT2D eigenvalue weighted by atomic mass is 9.90. The van der Waals surface area contributed by atoms with Gasteiger partial charge < -0.3 is 9.47 Å². The molecule has 1 aromatic rings. The first-order valence-corrected chi connectivity index (χ1v) is 10.7. The summed E-state index contributed by atoms with van der Waals surface area (Å²) in [6.45, 7) is 13.7. The SMILES string of the molecule is CC.CC.CC1CCOC2=C1C=C(F)CC2.CC1CCOc2c(F)cccc21. The monoisotopic (exact) mass is 394 g/mol. The van der Waals surface area contributed by atoms with E-state index >= 15 is 0 Å². The van der Waals surface area contributed by atoms with Crippen molar-refractivity contribution in [3.63, 3.8) is 0 Å². The van der Waals surface area contributed by atoms with Gasteiger partial charge in [-0.05, 0) is 42.4 Å². The topological polar surface area (TPSA) is 18.5 Å². The molecule has 0 fully saturated rings. The molecule has 0 N–H and O–H groups in total. The molecule has 3 aliphatic rings. The van der Waals surface area contributed by atoms with Gasteiger partial charge in [0.1, 0.15) is 5.83 Å². The maximum atomic E-state index is 13.1. The zero-order valence-electron chi connectivity index (χ0n) is 18.3. The fourth-order valence-corrected chi connectivity index (χ4v) is 3.34. The predicted molar refractivity (Wildman–Crippen MR) is 113 cm³/mol. The molecule has 0 radical (unpaired) electrons. The van der Waals surface area contributed by atoms with E-state index in [1.54, 1.807) is 12.1 Å². The molecule has 0 aromatic heterocycles. The van der Waals surface area contributed by atoms with Crippen molar-refractivity contribution >= 4 is 0 Å². The number of rotatable bonds is 0. The van der Waals surface area contributed by atoms with Crippen LogP contribution in [-0.2, 0) is 4.74 Å². The first kappa shape index (κ1) is 24.2. The molecule has 2 atom stereocenters. The molecule has 2 aliphatic heterocycles. The number of fused-ring (bicyclic) bond motifs is 1. The van der Waals surface area contributed by atoms with Gasteiger partial charge >= 0.3 is 0 Å². The molecule has 2 unspecified atom stereocenters. The van der Waals surface area contributed by atoms with Crippen molar-refractivity contribution in [2.45, 2.75) is 73.1 Å². The first-order valence-electron chi connectivity index (χ1n) is 10.7. The van der Waals surface area contributed by atoms with Crippen molar-refractivity contribution in [3.8, 4) is 5.75 Å². The second-order valence-electron chi connectivity index (χ2n) is 6.70. The highest BCUT2D eigenvalue weighted by molar-refractivity contribution is 5.38. The lowest BCUT2D eigenvalue weighted by Crippen LogP contribution is -2.16. The number of allylic oxidation sites excluding steroid dienone is 4. The smallest absolute Gasteiger partial charge is 0.165 e. The van der Waals surface area contributed by atoms with E-state index in [1.807, 2.05) is 33.8 Å². The second-order valence-corrected chi connectivity index (χ2v) is 6.70. The van der Waals surface area contributed by atoms with Crippen LogP contribution < -0.4 is 4.74 Å². The first-order chi connectivity index (χ1) is 13.6. The summed E-state index contributed by atoms with van der Waals surface area (Å²) < 4.78 is 36.7. The largest absolute Gasteiger partial charge is 0.498 e. The molecule has 0 spiro atoms. The zero-order chi connectivity index (χ0) is 21.1. The van der Waals surface area contributed by atoms with Crippen LogP contribution in [0.4, 0.5) is 8.78 Å². The van der Waals surface area contributed by atoms with E-state index in [2.05, 4.69) is 13.8 Å². The van der Waals surface area contributed by atoms with Crippen LogP contribution in [0.5, 0.6) is 5.75 Å². The predicted octanol–water partition coefficient (Wildman–Crippen LogP) is 7.71. The Bertz CT molecular complexity index is 665. The van der Waals surface area contributed by atoms with Crippen LogP contribution in [-0.4, -0.2) is 13.2 Å². The van der Waals surface area contributed by atoms with E-state index in [9.17, 15) is 8.78 Å². The Balaban J connectivity index is 0.000000238. The summed E-state index contributed by atoms with van der Waals surface area (Å²) in [5, 5.41) is 0. The normalized spacial score (nSPS) is 22.1. The number of ether oxygens (including phenoxy) is 2. The van der Waals surface area contributed by atoms with E-state index in [1.165, 1.54) is 6.07 Å². The molecule has 28 heavy (non-hydrogen) atoms. The third kappa shape index (κ3) is 6.35. The van der Waals surface area contributed by atoms with Crippen molar-refractivity contribution in [2.24, 2.45) is 5.92 Å². The van der Waals surface area contributed by atoms with Gasteiger partial charge in [0.25, 0.3) is 0 Å². The molecule has 0 bridgehead atoms. The lowest BCUT2D eigenvalue weighted by Gasteiger charge is -2.27. The zero-order valence-corrected chi connectivity index (χ0v) is 18.3. The third-order valence-corrected chi connectivity index (χ3v) is 4.91. The van der Waals surface area contributed by atoms with E-state index in [4.69, 9.17) is 9.47 Å². The van der Waals surface area contributed by atoms with Gasteiger partial charge in [-0.25, -0.2) is 8.78 Å². The van der Waals surface area contributed by atoms with Gasteiger partial charge in [0.05, 0.1) is 19.0 Å². The van der Waals surface area contributed by atoms with Crippen LogP contribution in [0.3, 0.4) is 0 Å². The Kier molecular flexibility index (Phi) is 10.9. The molecular weight excluding hydrogens is 358 g/mol. The Labute approximate surface area is 169 Å². The van der Waals surface area contributed by atoms with Crippen LogP contribution in [0.25, 0.3) is 0 Å². The van der Waals surface area contributed by atoms with E-state index in [0.29, 0.717) is 30.6 Å². The maximum Gasteiger partial charge on any atom is 0.165 e. The van der Waals surface area contributed by atoms with Gasteiger partial charge in [0, 0.05) is 18.4 Å². The van der Waals surface area contributed by atoms with Crippen molar-refractivity contribution in [2.75, 3.05) is 13.2 Å². The summed E-state index contributed by atoms with van der Waals surface area (Å²) >= 11 is 0. The van der Waals surface area contributed by atoms with Crippen LogP contribution in [0.2, 0.25) is 0 Å². The van der Waals surface area contributed by atoms with Gasteiger partial charge in [-0.15, -0.1) is 0 Å². The molecule has 4 rings (SSSR count). The molecule has 1 aromatic carbocycles. The molecule has 158 valence electrons. The van der Waals surface area contributed by atoms with Crippen molar-refractivity contribution in [3.05, 3.63) is 52.8 Å². The minimum Gasteiger partial charge on any atom is -0.498 e. The fraction of sp³-hybridized carbons (Fsp3) is 0.583. The van der Waals surface area contributed by atoms with E-state index in [0.717, 1.165) is 42.8 Å². The second kappa shape index (κ2) is 12.6. The Morgan fingerprint density at radius 2 is 1.50 bits per heavy atom. The highest BCUT2D eigenvalue weighted by atomic mass is 19.1. The van der Waals surface area contributed by atoms with Crippen LogP contribution in [0.15, 0.2) is 41.4 Å². The minimum atomic E-state index is -0.237. The van der Waals surface area contributed by atoms with Crippen molar-refractivity contribution in [1.29, 1.82) is 0 Å². The summed E-state index contributed by atoms with van der Waals surface area (Å²) in [7, 11) is 0. The molecule has 0 amide bonds. The van der Waals surface area contributed by atoms with Crippen LogP contribution in [0.1, 0.15) is 78.7 Å². The Morgan fingerprint density at radius 3 is 2.18 bits per heavy atom. The average Bonchev–Trinajstić information content (AvgIpc) is 2.73. The summed E-state index contributed by atoms with van der Waals surface area (Å²) in [4.78, 5) is 0. The van der Waals surface area contributed by atoms with Crippen molar-refractivity contribution < 1.29 is 18.3 Å². The van der Waals surface area contributed by atoms with Crippen LogP contribution in [0, 0.1) is 11.7 Å². The lowest BCUT2D eigenvalue weighted by molar-refractivity contribution is 0.159. The molecule has 2 heterocycles.